The first kappa shape index (κ1) is 19.0. The number of rotatable bonds is 9. The fourth-order valence-corrected chi connectivity index (χ4v) is 2.12. The molecule has 0 aliphatic heterocycles. The van der Waals surface area contributed by atoms with E-state index >= 15 is 0 Å². The predicted molar refractivity (Wildman–Crippen MR) is 90.6 cm³/mol. The van der Waals surface area contributed by atoms with Crippen LogP contribution in [0.4, 0.5) is 11.4 Å². The number of unbranched alkanes of at least 4 members (excludes halogenated alkanes) is 1. The highest BCUT2D eigenvalue weighted by molar-refractivity contribution is 6.03. The molecule has 1 aromatic carbocycles. The van der Waals surface area contributed by atoms with Crippen LogP contribution in [-0.2, 0) is 14.3 Å². The highest BCUT2D eigenvalue weighted by Gasteiger charge is 2.21. The lowest BCUT2D eigenvalue weighted by molar-refractivity contribution is -0.123. The van der Waals surface area contributed by atoms with Gasteiger partial charge in [-0.25, -0.2) is 4.79 Å². The molecular formula is C17H26N2O4. The number of ether oxygens (including phenoxy) is 2. The van der Waals surface area contributed by atoms with E-state index in [1.165, 1.54) is 4.90 Å². The zero-order valence-electron chi connectivity index (χ0n) is 14.1. The quantitative estimate of drug-likeness (QED) is 0.429. The van der Waals surface area contributed by atoms with Crippen molar-refractivity contribution in [3.8, 4) is 0 Å². The summed E-state index contributed by atoms with van der Waals surface area (Å²) < 4.78 is 10.4. The van der Waals surface area contributed by atoms with Crippen molar-refractivity contribution in [3.05, 3.63) is 23.8 Å². The average molecular weight is 322 g/mol. The van der Waals surface area contributed by atoms with E-state index in [1.54, 1.807) is 25.1 Å². The van der Waals surface area contributed by atoms with Crippen LogP contribution in [0.1, 0.15) is 44.0 Å². The maximum Gasteiger partial charge on any atom is 0.340 e. The normalized spacial score (nSPS) is 10.4. The summed E-state index contributed by atoms with van der Waals surface area (Å²) in [6.45, 7) is 6.82. The van der Waals surface area contributed by atoms with Crippen molar-refractivity contribution in [1.29, 1.82) is 0 Å². The number of likely N-dealkylation sites (N-methyl/N-ethyl adjacent to an activating group) is 1. The number of nitrogens with zero attached hydrogens (tertiary/aromatic N) is 1. The minimum Gasteiger partial charge on any atom is -0.462 e. The summed E-state index contributed by atoms with van der Waals surface area (Å²) in [5, 5.41) is 0. The average Bonchev–Trinajstić information content (AvgIpc) is 2.52. The number of anilines is 2. The zero-order chi connectivity index (χ0) is 17.2. The molecule has 0 radical (unpaired) electrons. The molecule has 0 spiro atoms. The number of hydrogen-bond donors (Lipinski definition) is 1. The standard InChI is InChI=1S/C17H26N2O4/c1-4-7-10-22-12-16(20)19(5-2)15-11-13(18)8-9-14(15)17(21)23-6-3/h8-9,11H,4-7,10,12,18H2,1-3H3. The number of benzene rings is 1. The maximum absolute atomic E-state index is 12.4. The van der Waals surface area contributed by atoms with Crippen LogP contribution in [0.15, 0.2) is 18.2 Å². The van der Waals surface area contributed by atoms with Crippen molar-refractivity contribution in [2.75, 3.05) is 37.0 Å². The second-order valence-corrected chi connectivity index (χ2v) is 5.04. The smallest absolute Gasteiger partial charge is 0.340 e. The van der Waals surface area contributed by atoms with Crippen molar-refractivity contribution < 1.29 is 19.1 Å². The molecule has 0 saturated carbocycles. The third-order valence-electron chi connectivity index (χ3n) is 3.29. The highest BCUT2D eigenvalue weighted by Crippen LogP contribution is 2.25. The number of esters is 1. The minimum atomic E-state index is -0.472. The first-order chi connectivity index (χ1) is 11.0. The Labute approximate surface area is 137 Å². The lowest BCUT2D eigenvalue weighted by Crippen LogP contribution is -2.35. The molecule has 23 heavy (non-hydrogen) atoms. The van der Waals surface area contributed by atoms with Crippen LogP contribution in [0, 0.1) is 0 Å². The number of amides is 1. The van der Waals surface area contributed by atoms with Gasteiger partial charge in [0, 0.05) is 18.8 Å². The molecule has 6 heteroatoms. The Morgan fingerprint density at radius 1 is 1.22 bits per heavy atom. The molecule has 0 saturated heterocycles. The van der Waals surface area contributed by atoms with E-state index in [1.807, 2.05) is 6.92 Å². The van der Waals surface area contributed by atoms with Crippen LogP contribution in [0.2, 0.25) is 0 Å². The third kappa shape index (κ3) is 5.56. The lowest BCUT2D eigenvalue weighted by Gasteiger charge is -2.23. The largest absolute Gasteiger partial charge is 0.462 e. The molecule has 1 amide bonds. The van der Waals surface area contributed by atoms with Gasteiger partial charge in [0.05, 0.1) is 17.9 Å². The maximum atomic E-state index is 12.4. The fourth-order valence-electron chi connectivity index (χ4n) is 2.12. The van der Waals surface area contributed by atoms with E-state index in [0.717, 1.165) is 12.8 Å². The SMILES string of the molecule is CCCCOCC(=O)N(CC)c1cc(N)ccc1C(=O)OCC. The van der Waals surface area contributed by atoms with Gasteiger partial charge in [-0.05, 0) is 38.5 Å². The molecule has 0 unspecified atom stereocenters. The second kappa shape index (κ2) is 9.84. The van der Waals surface area contributed by atoms with Crippen LogP contribution in [0.25, 0.3) is 0 Å². The van der Waals surface area contributed by atoms with Crippen molar-refractivity contribution in [2.24, 2.45) is 0 Å². The van der Waals surface area contributed by atoms with Gasteiger partial charge in [-0.1, -0.05) is 13.3 Å². The van der Waals surface area contributed by atoms with E-state index in [4.69, 9.17) is 15.2 Å². The summed E-state index contributed by atoms with van der Waals surface area (Å²) in [4.78, 5) is 26.0. The van der Waals surface area contributed by atoms with Crippen LogP contribution in [-0.4, -0.2) is 38.2 Å². The van der Waals surface area contributed by atoms with Gasteiger partial charge in [0.2, 0.25) is 0 Å². The van der Waals surface area contributed by atoms with E-state index < -0.39 is 5.97 Å². The van der Waals surface area contributed by atoms with Crippen molar-refractivity contribution in [3.63, 3.8) is 0 Å². The first-order valence-corrected chi connectivity index (χ1v) is 7.99. The summed E-state index contributed by atoms with van der Waals surface area (Å²) >= 11 is 0. The molecule has 0 heterocycles. The molecule has 0 atom stereocenters. The van der Waals surface area contributed by atoms with Gasteiger partial charge in [-0.2, -0.15) is 0 Å². The molecule has 0 aliphatic carbocycles. The van der Waals surface area contributed by atoms with Gasteiger partial charge < -0.3 is 20.1 Å². The first-order valence-electron chi connectivity index (χ1n) is 7.99. The summed E-state index contributed by atoms with van der Waals surface area (Å²) in [6, 6.07) is 4.81. The van der Waals surface area contributed by atoms with E-state index in [9.17, 15) is 9.59 Å². The van der Waals surface area contributed by atoms with Crippen LogP contribution >= 0.6 is 0 Å². The van der Waals surface area contributed by atoms with Gasteiger partial charge in [0.1, 0.15) is 6.61 Å². The van der Waals surface area contributed by atoms with Crippen LogP contribution in [0.5, 0.6) is 0 Å². The number of nitrogen functional groups attached to an aromatic ring is 1. The van der Waals surface area contributed by atoms with Crippen molar-refractivity contribution in [1.82, 2.24) is 0 Å². The van der Waals surface area contributed by atoms with Crippen molar-refractivity contribution >= 4 is 23.3 Å². The fraction of sp³-hybridized carbons (Fsp3) is 0.529. The number of carbonyl (C=O) groups is 2. The molecule has 0 aromatic heterocycles. The predicted octanol–water partition coefficient (Wildman–Crippen LogP) is 2.62. The van der Waals surface area contributed by atoms with Crippen molar-refractivity contribution in [2.45, 2.75) is 33.6 Å². The molecule has 1 aromatic rings. The van der Waals surface area contributed by atoms with Gasteiger partial charge in [0.25, 0.3) is 5.91 Å². The van der Waals surface area contributed by atoms with E-state index in [-0.39, 0.29) is 19.1 Å². The van der Waals surface area contributed by atoms with Gasteiger partial charge in [0.15, 0.2) is 0 Å². The van der Waals surface area contributed by atoms with Gasteiger partial charge in [-0.3, -0.25) is 4.79 Å². The second-order valence-electron chi connectivity index (χ2n) is 5.04. The monoisotopic (exact) mass is 322 g/mol. The zero-order valence-corrected chi connectivity index (χ0v) is 14.1. The molecule has 2 N–H and O–H groups in total. The number of carbonyl (C=O) groups excluding carboxylic acids is 2. The van der Waals surface area contributed by atoms with Crippen LogP contribution in [0.3, 0.4) is 0 Å². The van der Waals surface area contributed by atoms with Gasteiger partial charge >= 0.3 is 5.97 Å². The molecule has 6 nitrogen and oxygen atoms in total. The van der Waals surface area contributed by atoms with Crippen LogP contribution < -0.4 is 10.6 Å². The number of nitrogens with two attached hydrogens (primary N) is 1. The topological polar surface area (TPSA) is 81.9 Å². The summed E-state index contributed by atoms with van der Waals surface area (Å²) in [5.41, 5.74) is 7.07. The minimum absolute atomic E-state index is 0.0229. The Balaban J connectivity index is 2.97. The molecule has 128 valence electrons. The Bertz CT molecular complexity index is 531. The molecular weight excluding hydrogens is 296 g/mol. The number of hydrogen-bond acceptors (Lipinski definition) is 5. The molecule has 1 rings (SSSR count). The Hall–Kier alpha value is -2.08. The molecule has 0 fully saturated rings. The summed E-state index contributed by atoms with van der Waals surface area (Å²) in [7, 11) is 0. The summed E-state index contributed by atoms with van der Waals surface area (Å²) in [5.74, 6) is -0.680. The summed E-state index contributed by atoms with van der Waals surface area (Å²) in [6.07, 6.45) is 1.92. The molecule has 0 aliphatic rings. The van der Waals surface area contributed by atoms with E-state index in [2.05, 4.69) is 6.92 Å². The molecule has 0 bridgehead atoms. The van der Waals surface area contributed by atoms with E-state index in [0.29, 0.717) is 30.1 Å². The third-order valence-corrected chi connectivity index (χ3v) is 3.29. The lowest BCUT2D eigenvalue weighted by atomic mass is 10.1. The van der Waals surface area contributed by atoms with Gasteiger partial charge in [-0.15, -0.1) is 0 Å². The Morgan fingerprint density at radius 2 is 1.96 bits per heavy atom. The Morgan fingerprint density at radius 3 is 2.57 bits per heavy atom. The highest BCUT2D eigenvalue weighted by atomic mass is 16.5. The Kier molecular flexibility index (Phi) is 8.11.